The maximum atomic E-state index is 11.5. The van der Waals surface area contributed by atoms with Crippen LogP contribution in [0.4, 0.5) is 0 Å². The van der Waals surface area contributed by atoms with Crippen LogP contribution in [0.15, 0.2) is 0 Å². The van der Waals surface area contributed by atoms with Crippen LogP contribution in [0, 0.1) is 0 Å². The quantitative estimate of drug-likeness (QED) is 0.806. The van der Waals surface area contributed by atoms with E-state index in [4.69, 9.17) is 0 Å². The summed E-state index contributed by atoms with van der Waals surface area (Å²) >= 11 is 0. The molecule has 2 atom stereocenters. The van der Waals surface area contributed by atoms with Crippen LogP contribution in [0.5, 0.6) is 0 Å². The van der Waals surface area contributed by atoms with Crippen molar-refractivity contribution >= 4 is 9.84 Å². The van der Waals surface area contributed by atoms with Crippen molar-refractivity contribution in [1.82, 2.24) is 10.2 Å². The second-order valence-corrected chi connectivity index (χ2v) is 7.66. The Bertz CT molecular complexity index is 336. The maximum absolute atomic E-state index is 11.5. The van der Waals surface area contributed by atoms with Gasteiger partial charge >= 0.3 is 0 Å². The summed E-state index contributed by atoms with van der Waals surface area (Å²) in [7, 11) is -2.76. The lowest BCUT2D eigenvalue weighted by Gasteiger charge is -2.33. The highest BCUT2D eigenvalue weighted by molar-refractivity contribution is 7.91. The van der Waals surface area contributed by atoms with E-state index in [1.54, 1.807) is 0 Å². The van der Waals surface area contributed by atoms with Gasteiger partial charge in [-0.2, -0.15) is 0 Å². The molecular formula is C12H24N2O2S. The lowest BCUT2D eigenvalue weighted by molar-refractivity contribution is 0.219. The molecule has 2 rings (SSSR count). The van der Waals surface area contributed by atoms with E-state index in [2.05, 4.69) is 10.2 Å². The van der Waals surface area contributed by atoms with Gasteiger partial charge in [-0.1, -0.05) is 0 Å². The summed E-state index contributed by atoms with van der Waals surface area (Å²) < 4.78 is 22.9. The Morgan fingerprint density at radius 1 is 1.41 bits per heavy atom. The highest BCUT2D eigenvalue weighted by atomic mass is 32.2. The first kappa shape index (κ1) is 13.3. The Morgan fingerprint density at radius 2 is 2.24 bits per heavy atom. The fourth-order valence-corrected chi connectivity index (χ4v) is 4.53. The normalized spacial score (nSPS) is 33.9. The summed E-state index contributed by atoms with van der Waals surface area (Å²) in [6, 6.07) is 0.907. The molecule has 2 aliphatic rings. The van der Waals surface area contributed by atoms with E-state index < -0.39 is 9.84 Å². The van der Waals surface area contributed by atoms with Gasteiger partial charge in [0.2, 0.25) is 0 Å². The van der Waals surface area contributed by atoms with Crippen LogP contribution in [-0.2, 0) is 9.84 Å². The maximum Gasteiger partial charge on any atom is 0.153 e. The largest absolute Gasteiger partial charge is 0.314 e. The standard InChI is InChI=1S/C12H24N2O2S/c1-11-10-17(15,16)9-8-14(11)7-3-5-12-4-2-6-13-12/h11-13H,2-10H2,1H3. The smallest absolute Gasteiger partial charge is 0.153 e. The third-order valence-electron chi connectivity index (χ3n) is 3.97. The van der Waals surface area contributed by atoms with Gasteiger partial charge in [-0.05, 0) is 45.7 Å². The van der Waals surface area contributed by atoms with Crippen molar-refractivity contribution in [2.75, 3.05) is 31.1 Å². The van der Waals surface area contributed by atoms with Crippen LogP contribution >= 0.6 is 0 Å². The first-order chi connectivity index (χ1) is 8.07. The molecule has 0 amide bonds. The zero-order valence-electron chi connectivity index (χ0n) is 10.7. The lowest BCUT2D eigenvalue weighted by atomic mass is 10.1. The van der Waals surface area contributed by atoms with Crippen molar-refractivity contribution in [2.24, 2.45) is 0 Å². The zero-order valence-corrected chi connectivity index (χ0v) is 11.5. The fraction of sp³-hybridized carbons (Fsp3) is 1.00. The number of nitrogens with one attached hydrogen (secondary N) is 1. The fourth-order valence-electron chi connectivity index (χ4n) is 2.91. The monoisotopic (exact) mass is 260 g/mol. The summed E-state index contributed by atoms with van der Waals surface area (Å²) in [5, 5.41) is 3.50. The molecular weight excluding hydrogens is 236 g/mol. The van der Waals surface area contributed by atoms with Gasteiger partial charge < -0.3 is 5.32 Å². The average molecular weight is 260 g/mol. The van der Waals surface area contributed by atoms with E-state index in [0.717, 1.165) is 13.1 Å². The van der Waals surface area contributed by atoms with E-state index >= 15 is 0 Å². The van der Waals surface area contributed by atoms with E-state index in [1.807, 2.05) is 6.92 Å². The van der Waals surface area contributed by atoms with Crippen LogP contribution in [-0.4, -0.2) is 56.5 Å². The van der Waals surface area contributed by atoms with Crippen LogP contribution in [0.2, 0.25) is 0 Å². The first-order valence-electron chi connectivity index (χ1n) is 6.75. The third kappa shape index (κ3) is 3.93. The molecule has 2 unspecified atom stereocenters. The molecule has 0 aromatic heterocycles. The van der Waals surface area contributed by atoms with Crippen molar-refractivity contribution < 1.29 is 8.42 Å². The Labute approximate surface area is 105 Å². The van der Waals surface area contributed by atoms with Crippen molar-refractivity contribution in [3.8, 4) is 0 Å². The number of rotatable bonds is 4. The average Bonchev–Trinajstić information content (AvgIpc) is 2.73. The Kier molecular flexibility index (Phi) is 4.44. The highest BCUT2D eigenvalue weighted by Gasteiger charge is 2.27. The van der Waals surface area contributed by atoms with Gasteiger partial charge in [0, 0.05) is 18.6 Å². The van der Waals surface area contributed by atoms with Gasteiger partial charge in [-0.25, -0.2) is 8.42 Å². The second kappa shape index (κ2) is 5.67. The number of sulfone groups is 1. The van der Waals surface area contributed by atoms with Crippen LogP contribution in [0.1, 0.15) is 32.6 Å². The molecule has 5 heteroatoms. The summed E-state index contributed by atoms with van der Waals surface area (Å²) in [5.74, 6) is 0.688. The number of nitrogens with zero attached hydrogens (tertiary/aromatic N) is 1. The molecule has 0 saturated carbocycles. The Hall–Kier alpha value is -0.130. The molecule has 2 fully saturated rings. The molecule has 2 aliphatic heterocycles. The Balaban J connectivity index is 1.69. The molecule has 0 radical (unpaired) electrons. The molecule has 0 spiro atoms. The Morgan fingerprint density at radius 3 is 2.88 bits per heavy atom. The van der Waals surface area contributed by atoms with Crippen molar-refractivity contribution in [1.29, 1.82) is 0 Å². The van der Waals surface area contributed by atoms with E-state index in [9.17, 15) is 8.42 Å². The predicted octanol–water partition coefficient (Wildman–Crippen LogP) is 0.638. The first-order valence-corrected chi connectivity index (χ1v) is 8.57. The van der Waals surface area contributed by atoms with Crippen molar-refractivity contribution in [3.05, 3.63) is 0 Å². The van der Waals surface area contributed by atoms with Crippen molar-refractivity contribution in [2.45, 2.75) is 44.7 Å². The third-order valence-corrected chi connectivity index (χ3v) is 5.76. The minimum absolute atomic E-state index is 0.199. The number of hydrogen-bond donors (Lipinski definition) is 1. The number of hydrogen-bond acceptors (Lipinski definition) is 4. The SMILES string of the molecule is CC1CS(=O)(=O)CCN1CCCC1CCCN1. The molecule has 1 N–H and O–H groups in total. The van der Waals surface area contributed by atoms with E-state index in [0.29, 0.717) is 17.5 Å². The van der Waals surface area contributed by atoms with Crippen LogP contribution < -0.4 is 5.32 Å². The second-order valence-electron chi connectivity index (χ2n) is 5.43. The molecule has 2 saturated heterocycles. The molecule has 17 heavy (non-hydrogen) atoms. The van der Waals surface area contributed by atoms with Gasteiger partial charge in [0.05, 0.1) is 11.5 Å². The summed E-state index contributed by atoms with van der Waals surface area (Å²) in [5.41, 5.74) is 0. The van der Waals surface area contributed by atoms with Crippen LogP contribution in [0.3, 0.4) is 0 Å². The van der Waals surface area contributed by atoms with Gasteiger partial charge in [0.25, 0.3) is 0 Å². The molecule has 0 aromatic carbocycles. The highest BCUT2D eigenvalue weighted by Crippen LogP contribution is 2.15. The minimum Gasteiger partial charge on any atom is -0.314 e. The van der Waals surface area contributed by atoms with Gasteiger partial charge in [-0.3, -0.25) is 4.90 Å². The van der Waals surface area contributed by atoms with Gasteiger partial charge in [0.15, 0.2) is 9.84 Å². The van der Waals surface area contributed by atoms with Crippen molar-refractivity contribution in [3.63, 3.8) is 0 Å². The molecule has 0 bridgehead atoms. The molecule has 0 aliphatic carbocycles. The van der Waals surface area contributed by atoms with Crippen LogP contribution in [0.25, 0.3) is 0 Å². The zero-order chi connectivity index (χ0) is 12.3. The van der Waals surface area contributed by atoms with E-state index in [-0.39, 0.29) is 6.04 Å². The molecule has 2 heterocycles. The van der Waals surface area contributed by atoms with E-state index in [1.165, 1.54) is 32.2 Å². The molecule has 0 aromatic rings. The van der Waals surface area contributed by atoms with Gasteiger partial charge in [-0.15, -0.1) is 0 Å². The summed E-state index contributed by atoms with van der Waals surface area (Å²) in [4.78, 5) is 2.33. The lowest BCUT2D eigenvalue weighted by Crippen LogP contribution is -2.47. The predicted molar refractivity (Wildman–Crippen MR) is 69.9 cm³/mol. The summed E-state index contributed by atoms with van der Waals surface area (Å²) in [6.45, 7) is 4.98. The minimum atomic E-state index is -2.76. The topological polar surface area (TPSA) is 49.4 Å². The molecule has 100 valence electrons. The summed E-state index contributed by atoms with van der Waals surface area (Å²) in [6.07, 6.45) is 5.03. The molecule has 4 nitrogen and oxygen atoms in total. The van der Waals surface area contributed by atoms with Gasteiger partial charge in [0.1, 0.15) is 0 Å².